The van der Waals surface area contributed by atoms with Crippen molar-refractivity contribution in [3.05, 3.63) is 59.2 Å². The van der Waals surface area contributed by atoms with Crippen molar-refractivity contribution in [2.24, 2.45) is 0 Å². The quantitative estimate of drug-likeness (QED) is 0.313. The highest BCUT2D eigenvalue weighted by Gasteiger charge is 2.34. The molecule has 2 amide bonds. The molecule has 0 radical (unpaired) electrons. The number of terminal acetylenes is 1. The fraction of sp³-hybridized carbons (Fsp3) is 0.208. The van der Waals surface area contributed by atoms with Gasteiger partial charge in [0, 0.05) is 0 Å². The van der Waals surface area contributed by atoms with Gasteiger partial charge < -0.3 is 9.47 Å². The van der Waals surface area contributed by atoms with E-state index < -0.39 is 11.8 Å². The predicted molar refractivity (Wildman–Crippen MR) is 124 cm³/mol. The van der Waals surface area contributed by atoms with Crippen LogP contribution in [-0.4, -0.2) is 30.1 Å². The molecule has 0 saturated carbocycles. The molecule has 2 aromatic rings. The number of hydrogen-bond acceptors (Lipinski definition) is 5. The average molecular weight is 435 g/mol. The lowest BCUT2D eigenvalue weighted by Crippen LogP contribution is -2.54. The second-order valence-corrected chi connectivity index (χ2v) is 7.00. The first-order chi connectivity index (χ1) is 15.0. The van der Waals surface area contributed by atoms with Gasteiger partial charge in [0.15, 0.2) is 16.6 Å². The molecule has 158 valence electrons. The molecule has 1 N–H and O–H groups in total. The highest BCUT2D eigenvalue weighted by atomic mass is 32.1. The van der Waals surface area contributed by atoms with Gasteiger partial charge in [-0.15, -0.1) is 6.42 Å². The number of nitrogens with zero attached hydrogens (tertiary/aromatic N) is 1. The number of anilines is 1. The van der Waals surface area contributed by atoms with Gasteiger partial charge in [-0.25, -0.2) is 0 Å². The van der Waals surface area contributed by atoms with Crippen LogP contribution in [0.4, 0.5) is 5.69 Å². The van der Waals surface area contributed by atoms with E-state index in [4.69, 9.17) is 28.1 Å². The van der Waals surface area contributed by atoms with E-state index in [2.05, 4.69) is 11.2 Å². The lowest BCUT2D eigenvalue weighted by atomic mass is 10.1. The second kappa shape index (κ2) is 9.92. The van der Waals surface area contributed by atoms with Crippen molar-refractivity contribution in [2.45, 2.75) is 20.3 Å². The van der Waals surface area contributed by atoms with Crippen molar-refractivity contribution in [2.75, 3.05) is 18.1 Å². The van der Waals surface area contributed by atoms with E-state index in [9.17, 15) is 9.59 Å². The number of nitrogens with one attached hydrogen (secondary N) is 1. The zero-order valence-corrected chi connectivity index (χ0v) is 18.1. The molecule has 1 saturated heterocycles. The smallest absolute Gasteiger partial charge is 0.270 e. The molecule has 0 aliphatic carbocycles. The summed E-state index contributed by atoms with van der Waals surface area (Å²) >= 11 is 5.25. The molecule has 0 atom stereocenters. The van der Waals surface area contributed by atoms with Crippen LogP contribution < -0.4 is 19.7 Å². The van der Waals surface area contributed by atoms with E-state index in [0.717, 1.165) is 12.0 Å². The third-order valence-electron chi connectivity index (χ3n) is 4.59. The Morgan fingerprint density at radius 3 is 2.48 bits per heavy atom. The molecule has 1 aliphatic heterocycles. The third kappa shape index (κ3) is 4.93. The Balaban J connectivity index is 1.95. The first-order valence-electron chi connectivity index (χ1n) is 9.82. The molecule has 1 fully saturated rings. The maximum atomic E-state index is 13.2. The SMILES string of the molecule is C#CCOc1ccc(/C=C2\C(=O)NC(=S)N(c3ccc(CC)cc3)C2=O)cc1OCC. The summed E-state index contributed by atoms with van der Waals surface area (Å²) in [4.78, 5) is 27.0. The number of carbonyl (C=O) groups is 2. The highest BCUT2D eigenvalue weighted by Crippen LogP contribution is 2.30. The van der Waals surface area contributed by atoms with Gasteiger partial charge in [-0.3, -0.25) is 19.8 Å². The van der Waals surface area contributed by atoms with Crippen LogP contribution in [0.5, 0.6) is 11.5 Å². The summed E-state index contributed by atoms with van der Waals surface area (Å²) in [5.41, 5.74) is 2.29. The van der Waals surface area contributed by atoms with Crippen molar-refractivity contribution < 1.29 is 19.1 Å². The number of carbonyl (C=O) groups excluding carboxylic acids is 2. The lowest BCUT2D eigenvalue weighted by Gasteiger charge is -2.29. The van der Waals surface area contributed by atoms with E-state index in [1.807, 2.05) is 38.1 Å². The zero-order chi connectivity index (χ0) is 22.4. The van der Waals surface area contributed by atoms with E-state index in [0.29, 0.717) is 29.4 Å². The third-order valence-corrected chi connectivity index (χ3v) is 4.88. The molecule has 6 nitrogen and oxygen atoms in total. The van der Waals surface area contributed by atoms with Crippen LogP contribution in [0, 0.1) is 12.3 Å². The van der Waals surface area contributed by atoms with Gasteiger partial charge >= 0.3 is 0 Å². The highest BCUT2D eigenvalue weighted by molar-refractivity contribution is 7.80. The molecule has 7 heteroatoms. The molecule has 31 heavy (non-hydrogen) atoms. The summed E-state index contributed by atoms with van der Waals surface area (Å²) in [6, 6.07) is 12.6. The summed E-state index contributed by atoms with van der Waals surface area (Å²) in [5, 5.41) is 2.63. The maximum Gasteiger partial charge on any atom is 0.270 e. The van der Waals surface area contributed by atoms with Crippen LogP contribution in [-0.2, 0) is 16.0 Å². The minimum Gasteiger partial charge on any atom is -0.490 e. The average Bonchev–Trinajstić information content (AvgIpc) is 2.76. The predicted octanol–water partition coefficient (Wildman–Crippen LogP) is 3.49. The van der Waals surface area contributed by atoms with Crippen molar-refractivity contribution in [3.63, 3.8) is 0 Å². The molecule has 0 aromatic heterocycles. The van der Waals surface area contributed by atoms with E-state index in [1.54, 1.807) is 18.2 Å². The molecule has 1 aliphatic rings. The van der Waals surface area contributed by atoms with Crippen LogP contribution in [0.3, 0.4) is 0 Å². The van der Waals surface area contributed by atoms with Gasteiger partial charge in [-0.05, 0) is 67.0 Å². The molecule has 0 bridgehead atoms. The van der Waals surface area contributed by atoms with Crippen LogP contribution in [0.2, 0.25) is 0 Å². The van der Waals surface area contributed by atoms with Crippen LogP contribution in [0.15, 0.2) is 48.0 Å². The van der Waals surface area contributed by atoms with Gasteiger partial charge in [0.2, 0.25) is 0 Å². The summed E-state index contributed by atoms with van der Waals surface area (Å²) < 4.78 is 11.1. The first-order valence-corrected chi connectivity index (χ1v) is 10.2. The Bertz CT molecular complexity index is 1080. The number of rotatable bonds is 7. The first kappa shape index (κ1) is 22.1. The Morgan fingerprint density at radius 1 is 1.10 bits per heavy atom. The number of amides is 2. The van der Waals surface area contributed by atoms with E-state index >= 15 is 0 Å². The van der Waals surface area contributed by atoms with Crippen molar-refractivity contribution in [1.29, 1.82) is 0 Å². The Morgan fingerprint density at radius 2 is 1.84 bits per heavy atom. The van der Waals surface area contributed by atoms with Crippen molar-refractivity contribution >= 4 is 40.9 Å². The topological polar surface area (TPSA) is 67.9 Å². The molecule has 2 aromatic carbocycles. The molecular weight excluding hydrogens is 412 g/mol. The van der Waals surface area contributed by atoms with Gasteiger partial charge in [-0.2, -0.15) is 0 Å². The molecule has 1 heterocycles. The Hall–Kier alpha value is -3.63. The number of benzene rings is 2. The number of ether oxygens (including phenoxy) is 2. The van der Waals surface area contributed by atoms with E-state index in [-0.39, 0.29) is 17.3 Å². The van der Waals surface area contributed by atoms with Gasteiger partial charge in [0.1, 0.15) is 12.2 Å². The fourth-order valence-electron chi connectivity index (χ4n) is 3.06. The Labute approximate surface area is 186 Å². The summed E-state index contributed by atoms with van der Waals surface area (Å²) in [6.07, 6.45) is 7.63. The second-order valence-electron chi connectivity index (χ2n) is 6.61. The number of hydrogen-bond donors (Lipinski definition) is 1. The minimum atomic E-state index is -0.554. The minimum absolute atomic E-state index is 0.0343. The van der Waals surface area contributed by atoms with Gasteiger partial charge in [0.25, 0.3) is 11.8 Å². The maximum absolute atomic E-state index is 13.2. The monoisotopic (exact) mass is 434 g/mol. The number of aryl methyl sites for hydroxylation is 1. The molecular formula is C24H22N2O4S. The molecule has 0 spiro atoms. The lowest BCUT2D eigenvalue weighted by molar-refractivity contribution is -0.122. The summed E-state index contributed by atoms with van der Waals surface area (Å²) in [7, 11) is 0. The van der Waals surface area contributed by atoms with Crippen molar-refractivity contribution in [3.8, 4) is 23.8 Å². The largest absolute Gasteiger partial charge is 0.490 e. The van der Waals surface area contributed by atoms with E-state index in [1.165, 1.54) is 11.0 Å². The van der Waals surface area contributed by atoms with Gasteiger partial charge in [0.05, 0.1) is 12.3 Å². The fourth-order valence-corrected chi connectivity index (χ4v) is 3.34. The standard InChI is InChI=1S/C24H22N2O4S/c1-4-13-30-20-12-9-17(15-21(20)29-6-3)14-19-22(27)25-24(31)26(23(19)28)18-10-7-16(5-2)8-11-18/h1,7-12,14-15H,5-6,13H2,2-3H3,(H,25,27,31)/b19-14+. The van der Waals surface area contributed by atoms with Crippen LogP contribution in [0.1, 0.15) is 25.0 Å². The summed E-state index contributed by atoms with van der Waals surface area (Å²) in [5.74, 6) is 2.31. The van der Waals surface area contributed by atoms with Gasteiger partial charge in [-0.1, -0.05) is 31.0 Å². The Kier molecular flexibility index (Phi) is 7.06. The number of thiocarbonyl (C=S) groups is 1. The molecule has 3 rings (SSSR count). The zero-order valence-electron chi connectivity index (χ0n) is 17.3. The summed E-state index contributed by atoms with van der Waals surface area (Å²) in [6.45, 7) is 4.41. The van der Waals surface area contributed by atoms with Crippen LogP contribution in [0.25, 0.3) is 6.08 Å². The molecule has 0 unspecified atom stereocenters. The van der Waals surface area contributed by atoms with Crippen LogP contribution >= 0.6 is 12.2 Å². The van der Waals surface area contributed by atoms with Crippen molar-refractivity contribution in [1.82, 2.24) is 5.32 Å². The normalized spacial score (nSPS) is 14.9.